The van der Waals surface area contributed by atoms with Crippen molar-refractivity contribution in [3.63, 3.8) is 0 Å². The molecule has 0 radical (unpaired) electrons. The number of hydrogen-bond acceptors (Lipinski definition) is 5. The van der Waals surface area contributed by atoms with Crippen LogP contribution in [-0.4, -0.2) is 107 Å². The van der Waals surface area contributed by atoms with Crippen LogP contribution >= 0.6 is 24.0 Å². The van der Waals surface area contributed by atoms with Crippen LogP contribution in [0.1, 0.15) is 24.4 Å². The Bertz CT molecular complexity index is 663. The lowest BCUT2D eigenvalue weighted by Crippen LogP contribution is -2.47. The first kappa shape index (κ1) is 27.3. The first-order valence-electron chi connectivity index (χ1n) is 11.7. The van der Waals surface area contributed by atoms with Crippen molar-refractivity contribution in [2.45, 2.75) is 18.9 Å². The van der Waals surface area contributed by atoms with Gasteiger partial charge in [0, 0.05) is 71.9 Å². The van der Waals surface area contributed by atoms with Gasteiger partial charge in [0.25, 0.3) is 0 Å². The first-order valence-corrected chi connectivity index (χ1v) is 11.7. The number of nitrogens with one attached hydrogen (secondary N) is 1. The van der Waals surface area contributed by atoms with Crippen molar-refractivity contribution in [1.29, 1.82) is 0 Å². The molecule has 0 aromatic heterocycles. The zero-order valence-corrected chi connectivity index (χ0v) is 22.4. The third-order valence-electron chi connectivity index (χ3n) is 6.37. The second kappa shape index (κ2) is 15.1. The second-order valence-corrected chi connectivity index (χ2v) is 8.72. The molecule has 32 heavy (non-hydrogen) atoms. The van der Waals surface area contributed by atoms with E-state index in [0.717, 1.165) is 71.2 Å². The Morgan fingerprint density at radius 1 is 1.12 bits per heavy atom. The third-order valence-corrected chi connectivity index (χ3v) is 6.37. The summed E-state index contributed by atoms with van der Waals surface area (Å²) in [7, 11) is 5.82. The number of rotatable bonds is 10. The summed E-state index contributed by atoms with van der Waals surface area (Å²) in [5.41, 5.74) is 1.42. The van der Waals surface area contributed by atoms with Gasteiger partial charge < -0.3 is 24.6 Å². The fourth-order valence-corrected chi connectivity index (χ4v) is 4.58. The van der Waals surface area contributed by atoms with Crippen molar-refractivity contribution in [3.8, 4) is 0 Å². The molecule has 2 atom stereocenters. The number of hydrogen-bond donors (Lipinski definition) is 1. The van der Waals surface area contributed by atoms with E-state index in [9.17, 15) is 0 Å². The summed E-state index contributed by atoms with van der Waals surface area (Å²) in [5.74, 6) is 1.60. The highest BCUT2D eigenvalue weighted by Gasteiger charge is 2.27. The number of likely N-dealkylation sites (N-methyl/N-ethyl adjacent to an activating group) is 1. The van der Waals surface area contributed by atoms with Crippen LogP contribution in [0.2, 0.25) is 0 Å². The van der Waals surface area contributed by atoms with Gasteiger partial charge in [0.15, 0.2) is 5.96 Å². The Morgan fingerprint density at radius 3 is 2.69 bits per heavy atom. The fourth-order valence-electron chi connectivity index (χ4n) is 4.58. The summed E-state index contributed by atoms with van der Waals surface area (Å²) in [5, 5.41) is 3.59. The largest absolute Gasteiger partial charge is 0.382 e. The molecule has 0 bridgehead atoms. The molecule has 8 heteroatoms. The maximum atomic E-state index is 5.72. The maximum Gasteiger partial charge on any atom is 0.193 e. The van der Waals surface area contributed by atoms with Gasteiger partial charge >= 0.3 is 0 Å². The predicted octanol–water partition coefficient (Wildman–Crippen LogP) is 2.54. The number of aliphatic imine (C=N–C) groups is 1. The molecule has 182 valence electrons. The summed E-state index contributed by atoms with van der Waals surface area (Å²) in [4.78, 5) is 12.0. The molecule has 1 aromatic carbocycles. The monoisotopic (exact) mass is 559 g/mol. The summed E-state index contributed by atoms with van der Waals surface area (Å²) >= 11 is 0. The first-order chi connectivity index (χ1) is 15.2. The van der Waals surface area contributed by atoms with E-state index in [-0.39, 0.29) is 24.0 Å². The molecule has 2 aliphatic rings. The van der Waals surface area contributed by atoms with Gasteiger partial charge in [0.1, 0.15) is 0 Å². The second-order valence-electron chi connectivity index (χ2n) is 8.72. The van der Waals surface area contributed by atoms with Crippen LogP contribution in [0, 0.1) is 5.92 Å². The van der Waals surface area contributed by atoms with E-state index in [1.165, 1.54) is 5.56 Å². The normalized spacial score (nSPS) is 22.7. The van der Waals surface area contributed by atoms with E-state index in [4.69, 9.17) is 9.47 Å². The average molecular weight is 560 g/mol. The van der Waals surface area contributed by atoms with Crippen LogP contribution in [0.25, 0.3) is 0 Å². The predicted molar refractivity (Wildman–Crippen MR) is 142 cm³/mol. The topological polar surface area (TPSA) is 52.6 Å². The fraction of sp³-hybridized carbons (Fsp3) is 0.708. The van der Waals surface area contributed by atoms with E-state index in [0.29, 0.717) is 25.2 Å². The maximum absolute atomic E-state index is 5.72. The highest BCUT2D eigenvalue weighted by atomic mass is 127. The number of ether oxygens (including phenoxy) is 2. The SMILES string of the molecule is CN=C(NCCCN1CCN(C)CC1c1ccccc1)N1CCC(COCCOC)C1.I. The van der Waals surface area contributed by atoms with Crippen LogP contribution in [-0.2, 0) is 9.47 Å². The Kier molecular flexibility index (Phi) is 12.8. The van der Waals surface area contributed by atoms with Gasteiger partial charge in [-0.2, -0.15) is 0 Å². The highest BCUT2D eigenvalue weighted by molar-refractivity contribution is 14.0. The van der Waals surface area contributed by atoms with Crippen LogP contribution in [0.4, 0.5) is 0 Å². The number of halogens is 1. The lowest BCUT2D eigenvalue weighted by Gasteiger charge is -2.40. The number of benzene rings is 1. The number of likely N-dealkylation sites (tertiary alicyclic amines) is 1. The van der Waals surface area contributed by atoms with Crippen molar-refractivity contribution < 1.29 is 9.47 Å². The molecule has 7 nitrogen and oxygen atoms in total. The lowest BCUT2D eigenvalue weighted by atomic mass is 10.0. The van der Waals surface area contributed by atoms with Crippen LogP contribution in [0.3, 0.4) is 0 Å². The molecule has 2 saturated heterocycles. The summed E-state index contributed by atoms with van der Waals surface area (Å²) in [6.07, 6.45) is 2.27. The summed E-state index contributed by atoms with van der Waals surface area (Å²) < 4.78 is 10.8. The van der Waals surface area contributed by atoms with Crippen molar-refractivity contribution in [1.82, 2.24) is 20.0 Å². The van der Waals surface area contributed by atoms with Gasteiger partial charge in [-0.15, -0.1) is 24.0 Å². The van der Waals surface area contributed by atoms with E-state index in [1.54, 1.807) is 7.11 Å². The number of guanidine groups is 1. The molecule has 0 aliphatic carbocycles. The molecular formula is C24H42IN5O2. The molecular weight excluding hydrogens is 517 g/mol. The van der Waals surface area contributed by atoms with Crippen molar-refractivity contribution in [2.24, 2.45) is 10.9 Å². The smallest absolute Gasteiger partial charge is 0.193 e. The van der Waals surface area contributed by atoms with Gasteiger partial charge in [0.2, 0.25) is 0 Å². The Balaban J connectivity index is 0.00000363. The number of nitrogens with zero attached hydrogens (tertiary/aromatic N) is 4. The van der Waals surface area contributed by atoms with Gasteiger partial charge in [-0.3, -0.25) is 9.89 Å². The van der Waals surface area contributed by atoms with Crippen molar-refractivity contribution in [2.75, 3.05) is 86.8 Å². The molecule has 1 N–H and O–H groups in total. The molecule has 2 fully saturated rings. The van der Waals surface area contributed by atoms with Crippen molar-refractivity contribution >= 4 is 29.9 Å². The Labute approximate surface area is 211 Å². The standard InChI is InChI=1S/C24H41N5O2.HI/c1-25-24(29-13-10-21(18-29)20-31-17-16-30-3)26-11-7-12-28-15-14-27(2)19-23(28)22-8-5-4-6-9-22;/h4-6,8-9,21,23H,7,10-20H2,1-3H3,(H,25,26);1H. The molecule has 0 amide bonds. The van der Waals surface area contributed by atoms with Gasteiger partial charge in [-0.25, -0.2) is 0 Å². The molecule has 0 spiro atoms. The highest BCUT2D eigenvalue weighted by Crippen LogP contribution is 2.24. The minimum absolute atomic E-state index is 0. The van der Waals surface area contributed by atoms with Gasteiger partial charge in [-0.1, -0.05) is 30.3 Å². The lowest BCUT2D eigenvalue weighted by molar-refractivity contribution is 0.0536. The third kappa shape index (κ3) is 8.44. The Morgan fingerprint density at radius 2 is 1.94 bits per heavy atom. The average Bonchev–Trinajstić information content (AvgIpc) is 3.27. The molecule has 0 saturated carbocycles. The van der Waals surface area contributed by atoms with Crippen LogP contribution in [0.5, 0.6) is 0 Å². The summed E-state index contributed by atoms with van der Waals surface area (Å²) in [6.45, 7) is 9.63. The molecule has 2 unspecified atom stereocenters. The van der Waals surface area contributed by atoms with E-state index < -0.39 is 0 Å². The summed E-state index contributed by atoms with van der Waals surface area (Å²) in [6, 6.07) is 11.4. The molecule has 2 aliphatic heterocycles. The zero-order valence-electron chi connectivity index (χ0n) is 20.0. The van der Waals surface area contributed by atoms with E-state index in [2.05, 4.69) is 62.4 Å². The van der Waals surface area contributed by atoms with E-state index >= 15 is 0 Å². The zero-order chi connectivity index (χ0) is 21.9. The molecule has 1 aromatic rings. The van der Waals surface area contributed by atoms with Gasteiger partial charge in [0.05, 0.1) is 19.8 Å². The Hall–Kier alpha value is -0.940. The quantitative estimate of drug-likeness (QED) is 0.206. The minimum atomic E-state index is 0. The minimum Gasteiger partial charge on any atom is -0.382 e. The van der Waals surface area contributed by atoms with Crippen molar-refractivity contribution in [3.05, 3.63) is 35.9 Å². The van der Waals surface area contributed by atoms with Crippen LogP contribution < -0.4 is 5.32 Å². The number of methoxy groups -OCH3 is 1. The van der Waals surface area contributed by atoms with E-state index in [1.807, 2.05) is 7.05 Å². The molecule has 3 rings (SSSR count). The number of piperazine rings is 1. The molecule has 2 heterocycles. The van der Waals surface area contributed by atoms with Gasteiger partial charge in [-0.05, 0) is 25.5 Å². The van der Waals surface area contributed by atoms with Crippen LogP contribution in [0.15, 0.2) is 35.3 Å².